The Morgan fingerprint density at radius 2 is 2.27 bits per heavy atom. The topological polar surface area (TPSA) is 76.4 Å². The molecule has 0 fully saturated rings. The Morgan fingerprint density at radius 1 is 1.45 bits per heavy atom. The number of rotatable bonds is 3. The minimum Gasteiger partial charge on any atom is -0.457 e. The van der Waals surface area contributed by atoms with E-state index < -0.39 is 0 Å². The van der Waals surface area contributed by atoms with Gasteiger partial charge < -0.3 is 19.8 Å². The van der Waals surface area contributed by atoms with Crippen molar-refractivity contribution in [2.45, 2.75) is 20.5 Å². The van der Waals surface area contributed by atoms with E-state index >= 15 is 0 Å². The smallest absolute Gasteiger partial charge is 0.337 e. The van der Waals surface area contributed by atoms with Crippen LogP contribution in [0.3, 0.4) is 0 Å². The second-order valence-corrected chi connectivity index (χ2v) is 5.43. The van der Waals surface area contributed by atoms with Gasteiger partial charge in [0.1, 0.15) is 12.1 Å². The van der Waals surface area contributed by atoms with Crippen LogP contribution in [0, 0.1) is 6.92 Å². The van der Waals surface area contributed by atoms with Crippen LogP contribution in [0.1, 0.15) is 18.4 Å². The first kappa shape index (κ1) is 14.5. The van der Waals surface area contributed by atoms with Crippen molar-refractivity contribution in [3.05, 3.63) is 40.9 Å². The fourth-order valence-corrected chi connectivity index (χ4v) is 2.45. The number of nitrogens with zero attached hydrogens (tertiary/aromatic N) is 1. The maximum absolute atomic E-state index is 12.1. The number of nitrogens with one attached hydrogen (secondary N) is 2. The molecule has 0 radical (unpaired) electrons. The molecule has 114 valence electrons. The van der Waals surface area contributed by atoms with Crippen LogP contribution in [-0.2, 0) is 16.1 Å². The van der Waals surface area contributed by atoms with Crippen molar-refractivity contribution in [2.75, 3.05) is 6.54 Å². The first-order valence-corrected chi connectivity index (χ1v) is 7.21. The van der Waals surface area contributed by atoms with E-state index in [2.05, 4.69) is 15.6 Å². The number of allylic oxidation sites excluding steroid dienone is 1. The number of hydrogen-bond acceptors (Lipinski definition) is 5. The second-order valence-electron chi connectivity index (χ2n) is 5.02. The Labute approximate surface area is 132 Å². The number of oxazole rings is 1. The number of carbonyl (C=O) groups excluding carboxylic acids is 1. The van der Waals surface area contributed by atoms with Gasteiger partial charge in [-0.2, -0.15) is 0 Å². The van der Waals surface area contributed by atoms with E-state index in [1.54, 1.807) is 13.8 Å². The first-order chi connectivity index (χ1) is 10.5. The molecule has 1 aliphatic heterocycles. The predicted octanol–water partition coefficient (Wildman–Crippen LogP) is 1.93. The van der Waals surface area contributed by atoms with E-state index in [9.17, 15) is 4.79 Å². The van der Waals surface area contributed by atoms with E-state index in [-0.39, 0.29) is 12.6 Å². The highest BCUT2D eigenvalue weighted by atomic mass is 32.1. The summed E-state index contributed by atoms with van der Waals surface area (Å²) in [7, 11) is 0. The summed E-state index contributed by atoms with van der Waals surface area (Å²) in [5, 5.41) is 6.33. The first-order valence-electron chi connectivity index (χ1n) is 6.81. The van der Waals surface area contributed by atoms with Gasteiger partial charge in [-0.25, -0.2) is 9.78 Å². The SMILES string of the molecule is CC1=C(C(=O)OCc2ccc3nc(C)oc3c2)CNC(=S)N1. The summed E-state index contributed by atoms with van der Waals surface area (Å²) in [6, 6.07) is 5.54. The van der Waals surface area contributed by atoms with Crippen molar-refractivity contribution in [3.63, 3.8) is 0 Å². The summed E-state index contributed by atoms with van der Waals surface area (Å²) in [5.41, 5.74) is 3.59. The van der Waals surface area contributed by atoms with Crippen molar-refractivity contribution in [2.24, 2.45) is 0 Å². The largest absolute Gasteiger partial charge is 0.457 e. The van der Waals surface area contributed by atoms with E-state index in [1.165, 1.54) is 0 Å². The van der Waals surface area contributed by atoms with Crippen LogP contribution < -0.4 is 10.6 Å². The molecule has 1 aromatic carbocycles. The molecule has 0 aliphatic carbocycles. The Morgan fingerprint density at radius 3 is 3.05 bits per heavy atom. The van der Waals surface area contributed by atoms with Gasteiger partial charge in [0.25, 0.3) is 0 Å². The van der Waals surface area contributed by atoms with Crippen LogP contribution >= 0.6 is 12.2 Å². The van der Waals surface area contributed by atoms with Gasteiger partial charge in [-0.3, -0.25) is 0 Å². The molecule has 1 aliphatic rings. The standard InChI is InChI=1S/C15H15N3O3S/c1-8-11(6-16-15(22)17-8)14(19)20-7-10-3-4-12-13(5-10)21-9(2)18-12/h3-5H,6-7H2,1-2H3,(H2,16,17,22). The third kappa shape index (κ3) is 2.94. The predicted molar refractivity (Wildman–Crippen MR) is 85.0 cm³/mol. The number of ether oxygens (including phenoxy) is 1. The molecule has 0 saturated heterocycles. The molecule has 3 rings (SSSR count). The zero-order chi connectivity index (χ0) is 15.7. The molecule has 0 unspecified atom stereocenters. The lowest BCUT2D eigenvalue weighted by Crippen LogP contribution is -2.42. The van der Waals surface area contributed by atoms with Crippen molar-refractivity contribution in [1.82, 2.24) is 15.6 Å². The molecule has 22 heavy (non-hydrogen) atoms. The Hall–Kier alpha value is -2.41. The van der Waals surface area contributed by atoms with Crippen molar-refractivity contribution in [1.29, 1.82) is 0 Å². The third-order valence-electron chi connectivity index (χ3n) is 3.36. The van der Waals surface area contributed by atoms with E-state index in [0.29, 0.717) is 28.7 Å². The molecule has 0 saturated carbocycles. The van der Waals surface area contributed by atoms with Gasteiger partial charge >= 0.3 is 5.97 Å². The molecule has 2 heterocycles. The van der Waals surface area contributed by atoms with E-state index in [4.69, 9.17) is 21.4 Å². The molecule has 2 aromatic rings. The number of fused-ring (bicyclic) bond motifs is 1. The van der Waals surface area contributed by atoms with Crippen LogP contribution in [0.4, 0.5) is 0 Å². The highest BCUT2D eigenvalue weighted by molar-refractivity contribution is 7.80. The molecular formula is C15H15N3O3S. The third-order valence-corrected chi connectivity index (χ3v) is 3.60. The number of thiocarbonyl (C=S) groups is 1. The zero-order valence-electron chi connectivity index (χ0n) is 12.2. The lowest BCUT2D eigenvalue weighted by molar-refractivity contribution is -0.140. The molecule has 2 N–H and O–H groups in total. The average molecular weight is 317 g/mol. The van der Waals surface area contributed by atoms with Gasteiger partial charge in [0.2, 0.25) is 0 Å². The van der Waals surface area contributed by atoms with E-state index in [1.807, 2.05) is 18.2 Å². The van der Waals surface area contributed by atoms with Gasteiger partial charge in [-0.05, 0) is 36.8 Å². The number of aryl methyl sites for hydroxylation is 1. The zero-order valence-corrected chi connectivity index (χ0v) is 13.0. The lowest BCUT2D eigenvalue weighted by Gasteiger charge is -2.20. The summed E-state index contributed by atoms with van der Waals surface area (Å²) in [5.74, 6) is 0.245. The Bertz CT molecular complexity index is 794. The molecule has 0 spiro atoms. The van der Waals surface area contributed by atoms with Crippen molar-refractivity contribution in [3.8, 4) is 0 Å². The van der Waals surface area contributed by atoms with Crippen LogP contribution in [0.2, 0.25) is 0 Å². The minimum absolute atomic E-state index is 0.176. The molecule has 1 aromatic heterocycles. The van der Waals surface area contributed by atoms with Crippen LogP contribution in [0.5, 0.6) is 0 Å². The summed E-state index contributed by atoms with van der Waals surface area (Å²) >= 11 is 4.99. The molecule has 0 bridgehead atoms. The maximum atomic E-state index is 12.1. The minimum atomic E-state index is -0.367. The van der Waals surface area contributed by atoms with Crippen LogP contribution in [0.15, 0.2) is 33.9 Å². The van der Waals surface area contributed by atoms with Gasteiger partial charge in [-0.1, -0.05) is 6.07 Å². The van der Waals surface area contributed by atoms with Crippen molar-refractivity contribution < 1.29 is 13.9 Å². The number of aromatic nitrogens is 1. The van der Waals surface area contributed by atoms with Gasteiger partial charge in [-0.15, -0.1) is 0 Å². The fourth-order valence-electron chi connectivity index (χ4n) is 2.23. The summed E-state index contributed by atoms with van der Waals surface area (Å²) in [6.07, 6.45) is 0. The summed E-state index contributed by atoms with van der Waals surface area (Å²) in [6.45, 7) is 4.14. The monoisotopic (exact) mass is 317 g/mol. The molecular weight excluding hydrogens is 302 g/mol. The van der Waals surface area contributed by atoms with Gasteiger partial charge in [0.05, 0.1) is 12.1 Å². The molecule has 6 nitrogen and oxygen atoms in total. The molecule has 0 atom stereocenters. The van der Waals surface area contributed by atoms with Crippen LogP contribution in [0.25, 0.3) is 11.1 Å². The number of benzene rings is 1. The van der Waals surface area contributed by atoms with E-state index in [0.717, 1.165) is 16.8 Å². The second kappa shape index (κ2) is 5.76. The maximum Gasteiger partial charge on any atom is 0.337 e. The number of carbonyl (C=O) groups is 1. The highest BCUT2D eigenvalue weighted by Crippen LogP contribution is 2.18. The quantitative estimate of drug-likeness (QED) is 0.661. The summed E-state index contributed by atoms with van der Waals surface area (Å²) < 4.78 is 10.8. The fraction of sp³-hybridized carbons (Fsp3) is 0.267. The summed E-state index contributed by atoms with van der Waals surface area (Å²) in [4.78, 5) is 16.3. The van der Waals surface area contributed by atoms with Gasteiger partial charge in [0, 0.05) is 12.6 Å². The normalized spacial score (nSPS) is 14.7. The Kier molecular flexibility index (Phi) is 3.81. The number of hydrogen-bond donors (Lipinski definition) is 2. The molecule has 0 amide bonds. The average Bonchev–Trinajstić information content (AvgIpc) is 2.84. The lowest BCUT2D eigenvalue weighted by atomic mass is 10.2. The van der Waals surface area contributed by atoms with Crippen LogP contribution in [-0.4, -0.2) is 22.6 Å². The highest BCUT2D eigenvalue weighted by Gasteiger charge is 2.19. The van der Waals surface area contributed by atoms with Crippen molar-refractivity contribution >= 4 is 34.4 Å². The van der Waals surface area contributed by atoms with Gasteiger partial charge in [0.15, 0.2) is 16.6 Å². The number of esters is 1. The Balaban J connectivity index is 1.69. The molecule has 7 heteroatoms.